The molecule has 0 spiro atoms. The van der Waals surface area contributed by atoms with Crippen LogP contribution in [0.25, 0.3) is 0 Å². The van der Waals surface area contributed by atoms with Gasteiger partial charge in [0.15, 0.2) is 0 Å². The van der Waals surface area contributed by atoms with Gasteiger partial charge < -0.3 is 0 Å². The normalized spacial score (nSPS) is 25.0. The molecule has 0 bridgehead atoms. The van der Waals surface area contributed by atoms with Crippen LogP contribution in [0, 0.1) is 11.6 Å². The number of hydrogen-bond donors (Lipinski definition) is 1. The predicted molar refractivity (Wildman–Crippen MR) is 116 cm³/mol. The fraction of sp³-hybridized carbons (Fsp3) is 0.500. The van der Waals surface area contributed by atoms with Crippen LogP contribution >= 0.6 is 0 Å². The van der Waals surface area contributed by atoms with Crippen LogP contribution < -0.4 is 5.14 Å². The van der Waals surface area contributed by atoms with E-state index in [-0.39, 0.29) is 30.0 Å². The van der Waals surface area contributed by atoms with E-state index in [2.05, 4.69) is 4.90 Å². The van der Waals surface area contributed by atoms with Gasteiger partial charge in [-0.1, -0.05) is 24.6 Å². The number of primary sulfonamides is 1. The van der Waals surface area contributed by atoms with Gasteiger partial charge in [-0.15, -0.1) is 0 Å². The highest BCUT2D eigenvalue weighted by atomic mass is 32.2. The summed E-state index contributed by atoms with van der Waals surface area (Å²) in [5.41, 5.74) is 3.41. The highest BCUT2D eigenvalue weighted by Gasteiger charge is 2.48. The number of sulfonamides is 1. The van der Waals surface area contributed by atoms with Crippen LogP contribution in [0.2, 0.25) is 0 Å². The van der Waals surface area contributed by atoms with Gasteiger partial charge in [0.1, 0.15) is 11.6 Å². The molecule has 3 aliphatic rings. The fourth-order valence-corrected chi connectivity index (χ4v) is 6.82. The topological polar surface area (TPSA) is 63.4 Å². The smallest absolute Gasteiger partial charge is 0.215 e. The fourth-order valence-electron chi connectivity index (χ4n) is 5.61. The van der Waals surface area contributed by atoms with Crippen LogP contribution in [0.1, 0.15) is 53.9 Å². The maximum absolute atomic E-state index is 15.1. The third-order valence-corrected chi connectivity index (χ3v) is 9.45. The quantitative estimate of drug-likeness (QED) is 0.736. The number of nitrogens with zero attached hydrogens (tertiary/aromatic N) is 1. The van der Waals surface area contributed by atoms with Crippen LogP contribution in [-0.2, 0) is 29.3 Å². The summed E-state index contributed by atoms with van der Waals surface area (Å²) in [6, 6.07) is 10.4. The molecule has 2 aliphatic carbocycles. The van der Waals surface area contributed by atoms with Crippen LogP contribution in [-0.4, -0.2) is 37.2 Å². The number of halogens is 2. The van der Waals surface area contributed by atoms with Crippen molar-refractivity contribution in [1.29, 1.82) is 0 Å². The number of benzene rings is 2. The van der Waals surface area contributed by atoms with Crippen molar-refractivity contribution in [3.05, 3.63) is 70.3 Å². The van der Waals surface area contributed by atoms with Gasteiger partial charge in [-0.3, -0.25) is 4.90 Å². The van der Waals surface area contributed by atoms with Gasteiger partial charge in [-0.25, -0.2) is 22.3 Å². The molecule has 0 radical (unpaired) electrons. The van der Waals surface area contributed by atoms with Crippen molar-refractivity contribution >= 4 is 10.0 Å². The Morgan fingerprint density at radius 3 is 2.45 bits per heavy atom. The Hall–Kier alpha value is -1.83. The zero-order valence-electron chi connectivity index (χ0n) is 17.5. The minimum atomic E-state index is -3.76. The average Bonchev–Trinajstić information content (AvgIpc) is 2.92. The maximum Gasteiger partial charge on any atom is 0.215 e. The first-order chi connectivity index (χ1) is 14.8. The lowest BCUT2D eigenvalue weighted by Crippen LogP contribution is -2.50. The van der Waals surface area contributed by atoms with E-state index >= 15 is 4.39 Å². The van der Waals surface area contributed by atoms with Crippen molar-refractivity contribution in [2.45, 2.75) is 61.7 Å². The molecule has 1 saturated heterocycles. The molecule has 0 aromatic heterocycles. The largest absolute Gasteiger partial charge is 0.299 e. The highest BCUT2D eigenvalue weighted by Crippen LogP contribution is 2.44. The van der Waals surface area contributed by atoms with Gasteiger partial charge in [0.2, 0.25) is 10.0 Å². The van der Waals surface area contributed by atoms with Crippen molar-refractivity contribution < 1.29 is 17.2 Å². The molecule has 1 heterocycles. The third kappa shape index (κ3) is 3.70. The molecule has 2 aromatic rings. The lowest BCUT2D eigenvalue weighted by atomic mass is 9.79. The molecule has 2 aromatic carbocycles. The number of likely N-dealkylation sites (tertiary alicyclic amines) is 1. The Morgan fingerprint density at radius 2 is 1.87 bits per heavy atom. The maximum atomic E-state index is 15.1. The Morgan fingerprint density at radius 1 is 1.10 bits per heavy atom. The summed E-state index contributed by atoms with van der Waals surface area (Å²) in [6.07, 6.45) is 4.48. The zero-order valence-corrected chi connectivity index (χ0v) is 18.3. The molecule has 2 unspecified atom stereocenters. The van der Waals surface area contributed by atoms with E-state index in [0.29, 0.717) is 24.8 Å². The van der Waals surface area contributed by atoms with E-state index < -0.39 is 14.8 Å². The molecule has 7 heteroatoms. The van der Waals surface area contributed by atoms with Gasteiger partial charge in [0.05, 0.1) is 4.75 Å². The highest BCUT2D eigenvalue weighted by molar-refractivity contribution is 7.90. The number of hydrogen-bond acceptors (Lipinski definition) is 3. The standard InChI is InChI=1S/C24H28F2N2O2S/c25-19-5-1-4-16(10-19)11-21-20-12-18(15-24(6-2-7-24)31(27,29)30)22(26)13-17(20)14-23(21)28-8-3-9-28/h1,4-5,10,12-13,21,23H,2-3,6-9,11,14-15H2,(H2,27,29,30). The average molecular weight is 447 g/mol. The summed E-state index contributed by atoms with van der Waals surface area (Å²) in [4.78, 5) is 2.43. The van der Waals surface area contributed by atoms with E-state index in [1.807, 2.05) is 12.1 Å². The molecule has 166 valence electrons. The molecule has 4 nitrogen and oxygen atoms in total. The molecule has 5 rings (SSSR count). The molecular weight excluding hydrogens is 418 g/mol. The summed E-state index contributed by atoms with van der Waals surface area (Å²) < 4.78 is 52.3. The first-order valence-corrected chi connectivity index (χ1v) is 12.6. The van der Waals surface area contributed by atoms with Crippen LogP contribution in [0.15, 0.2) is 36.4 Å². The van der Waals surface area contributed by atoms with Crippen molar-refractivity contribution in [3.63, 3.8) is 0 Å². The molecule has 31 heavy (non-hydrogen) atoms. The molecule has 1 saturated carbocycles. The molecule has 2 N–H and O–H groups in total. The first-order valence-electron chi connectivity index (χ1n) is 11.1. The van der Waals surface area contributed by atoms with Crippen molar-refractivity contribution in [2.24, 2.45) is 5.14 Å². The Kier molecular flexibility index (Phi) is 5.19. The van der Waals surface area contributed by atoms with Crippen molar-refractivity contribution in [3.8, 4) is 0 Å². The van der Waals surface area contributed by atoms with E-state index in [1.54, 1.807) is 18.2 Å². The predicted octanol–water partition coefficient (Wildman–Crippen LogP) is 3.68. The van der Waals surface area contributed by atoms with E-state index in [9.17, 15) is 12.8 Å². The molecular formula is C24H28F2N2O2S. The molecule has 2 atom stereocenters. The summed E-state index contributed by atoms with van der Waals surface area (Å²) in [7, 11) is -3.76. The number of fused-ring (bicyclic) bond motifs is 1. The second-order valence-electron chi connectivity index (χ2n) is 9.50. The summed E-state index contributed by atoms with van der Waals surface area (Å²) >= 11 is 0. The summed E-state index contributed by atoms with van der Waals surface area (Å²) in [5, 5.41) is 5.53. The van der Waals surface area contributed by atoms with Gasteiger partial charge in [0, 0.05) is 12.0 Å². The van der Waals surface area contributed by atoms with Gasteiger partial charge in [-0.05, 0) is 92.1 Å². The lowest BCUT2D eigenvalue weighted by molar-refractivity contribution is 0.106. The Bertz CT molecular complexity index is 1110. The van der Waals surface area contributed by atoms with Crippen molar-refractivity contribution in [1.82, 2.24) is 4.90 Å². The Balaban J connectivity index is 1.50. The van der Waals surface area contributed by atoms with Crippen LogP contribution in [0.5, 0.6) is 0 Å². The van der Waals surface area contributed by atoms with Crippen LogP contribution in [0.3, 0.4) is 0 Å². The first kappa shape index (κ1) is 21.0. The van der Waals surface area contributed by atoms with E-state index in [0.717, 1.165) is 49.0 Å². The number of rotatable bonds is 6. The van der Waals surface area contributed by atoms with E-state index in [4.69, 9.17) is 5.14 Å². The number of nitrogens with two attached hydrogens (primary N) is 1. The second-order valence-corrected chi connectivity index (χ2v) is 11.5. The summed E-state index contributed by atoms with van der Waals surface area (Å²) in [6.45, 7) is 2.06. The third-order valence-electron chi connectivity index (χ3n) is 7.69. The van der Waals surface area contributed by atoms with Gasteiger partial charge >= 0.3 is 0 Å². The monoisotopic (exact) mass is 446 g/mol. The SMILES string of the molecule is NS(=O)(=O)C1(Cc2cc3c(cc2F)CC(N2CCC2)C3Cc2cccc(F)c2)CCC1. The lowest BCUT2D eigenvalue weighted by Gasteiger charge is -2.40. The van der Waals surface area contributed by atoms with Crippen molar-refractivity contribution in [2.75, 3.05) is 13.1 Å². The van der Waals surface area contributed by atoms with E-state index in [1.165, 1.54) is 6.07 Å². The molecule has 0 amide bonds. The summed E-state index contributed by atoms with van der Waals surface area (Å²) in [5.74, 6) is -0.471. The molecule has 1 aliphatic heterocycles. The molecule has 2 fully saturated rings. The second kappa shape index (κ2) is 7.64. The minimum Gasteiger partial charge on any atom is -0.299 e. The van der Waals surface area contributed by atoms with Gasteiger partial charge in [-0.2, -0.15) is 0 Å². The zero-order chi connectivity index (χ0) is 21.8. The van der Waals surface area contributed by atoms with Crippen LogP contribution in [0.4, 0.5) is 8.78 Å². The van der Waals surface area contributed by atoms with Gasteiger partial charge in [0.25, 0.3) is 0 Å². The minimum absolute atomic E-state index is 0.117. The Labute approximate surface area is 182 Å².